The number of carbonyl (C=O) groups is 1. The van der Waals surface area contributed by atoms with Crippen molar-refractivity contribution in [2.45, 2.75) is 19.9 Å². The van der Waals surface area contributed by atoms with Gasteiger partial charge in [-0.2, -0.15) is 0 Å². The summed E-state index contributed by atoms with van der Waals surface area (Å²) in [5.74, 6) is 0.722. The molecule has 0 saturated heterocycles. The smallest absolute Gasteiger partial charge is 0.254 e. The zero-order valence-electron chi connectivity index (χ0n) is 13.3. The van der Waals surface area contributed by atoms with E-state index in [4.69, 9.17) is 5.73 Å². The highest BCUT2D eigenvalue weighted by atomic mass is 16.2. The minimum absolute atomic E-state index is 0.0637. The summed E-state index contributed by atoms with van der Waals surface area (Å²) in [6.07, 6.45) is 7.53. The number of hydrogen-bond donors (Lipinski definition) is 1. The Kier molecular flexibility index (Phi) is 4.10. The van der Waals surface area contributed by atoms with Crippen molar-refractivity contribution in [1.82, 2.24) is 14.9 Å². The number of amides is 1. The van der Waals surface area contributed by atoms with Gasteiger partial charge in [-0.25, -0.2) is 9.97 Å². The molecule has 1 aliphatic rings. The number of hydrogen-bond acceptors (Lipinski definition) is 4. The lowest BCUT2D eigenvalue weighted by atomic mass is 10.0. The van der Waals surface area contributed by atoms with Gasteiger partial charge in [0.15, 0.2) is 0 Å². The Hall–Kier alpha value is -2.69. The van der Waals surface area contributed by atoms with Gasteiger partial charge >= 0.3 is 0 Å². The van der Waals surface area contributed by atoms with Crippen LogP contribution in [0.15, 0.2) is 48.8 Å². The molecule has 0 radical (unpaired) electrons. The van der Waals surface area contributed by atoms with Crippen LogP contribution in [0.3, 0.4) is 0 Å². The normalized spacial score (nSPS) is 17.0. The molecule has 0 spiro atoms. The van der Waals surface area contributed by atoms with Crippen LogP contribution < -0.4 is 5.73 Å². The Labute approximate surface area is 135 Å². The van der Waals surface area contributed by atoms with Gasteiger partial charge in [-0.3, -0.25) is 4.79 Å². The number of aromatic nitrogens is 2. The summed E-state index contributed by atoms with van der Waals surface area (Å²) in [6.45, 7) is 4.94. The van der Waals surface area contributed by atoms with Gasteiger partial charge in [-0.05, 0) is 23.6 Å². The van der Waals surface area contributed by atoms with E-state index in [1.165, 1.54) is 0 Å². The maximum Gasteiger partial charge on any atom is 0.254 e. The molecule has 1 aliphatic heterocycles. The van der Waals surface area contributed by atoms with Crippen LogP contribution in [0.2, 0.25) is 0 Å². The molecule has 0 aliphatic carbocycles. The largest absolute Gasteiger partial charge is 0.368 e. The Morgan fingerprint density at radius 1 is 1.17 bits per heavy atom. The molecule has 23 heavy (non-hydrogen) atoms. The molecule has 3 rings (SSSR count). The van der Waals surface area contributed by atoms with Gasteiger partial charge in [0.25, 0.3) is 5.91 Å². The second-order valence-corrected chi connectivity index (χ2v) is 6.03. The highest BCUT2D eigenvalue weighted by molar-refractivity contribution is 5.95. The van der Waals surface area contributed by atoms with Crippen molar-refractivity contribution in [3.05, 3.63) is 54.4 Å². The topological polar surface area (TPSA) is 72.1 Å². The van der Waals surface area contributed by atoms with Crippen molar-refractivity contribution in [2.75, 3.05) is 12.3 Å². The van der Waals surface area contributed by atoms with Gasteiger partial charge in [0.1, 0.15) is 0 Å². The highest BCUT2D eigenvalue weighted by Gasteiger charge is 2.27. The van der Waals surface area contributed by atoms with E-state index in [-0.39, 0.29) is 17.9 Å². The van der Waals surface area contributed by atoms with Gasteiger partial charge in [0.05, 0.1) is 6.04 Å². The number of nitrogen functional groups attached to an aromatic ring is 1. The lowest BCUT2D eigenvalue weighted by molar-refractivity contribution is 0.0720. The van der Waals surface area contributed by atoms with Crippen molar-refractivity contribution < 1.29 is 4.79 Å². The van der Waals surface area contributed by atoms with Crippen LogP contribution in [0, 0.1) is 5.92 Å². The van der Waals surface area contributed by atoms with Gasteiger partial charge in [-0.1, -0.05) is 38.1 Å². The zero-order valence-corrected chi connectivity index (χ0v) is 13.3. The third-order valence-corrected chi connectivity index (χ3v) is 4.08. The van der Waals surface area contributed by atoms with E-state index >= 15 is 0 Å². The molecule has 0 unspecified atom stereocenters. The summed E-state index contributed by atoms with van der Waals surface area (Å²) in [5.41, 5.74) is 8.03. The lowest BCUT2D eigenvalue weighted by Crippen LogP contribution is -2.38. The van der Waals surface area contributed by atoms with E-state index in [9.17, 15) is 4.79 Å². The molecule has 0 saturated carbocycles. The molecular weight excluding hydrogens is 288 g/mol. The van der Waals surface area contributed by atoms with E-state index in [2.05, 4.69) is 36.0 Å². The SMILES string of the molecule is CC(C)[C@@H]1C=CCN1C(=O)c1ccc(-c2cnc(N)nc2)cc1. The molecule has 0 bridgehead atoms. The minimum atomic E-state index is 0.0637. The summed E-state index contributed by atoms with van der Waals surface area (Å²) >= 11 is 0. The van der Waals surface area contributed by atoms with E-state index < -0.39 is 0 Å². The van der Waals surface area contributed by atoms with Crippen molar-refractivity contribution in [3.8, 4) is 11.1 Å². The maximum atomic E-state index is 12.7. The average molecular weight is 308 g/mol. The van der Waals surface area contributed by atoms with Crippen molar-refractivity contribution in [1.29, 1.82) is 0 Å². The Morgan fingerprint density at radius 2 is 1.83 bits per heavy atom. The van der Waals surface area contributed by atoms with E-state index in [0.29, 0.717) is 18.0 Å². The third-order valence-electron chi connectivity index (χ3n) is 4.08. The second-order valence-electron chi connectivity index (χ2n) is 6.03. The minimum Gasteiger partial charge on any atom is -0.368 e. The molecule has 5 heteroatoms. The molecule has 1 aromatic heterocycles. The fraction of sp³-hybridized carbons (Fsp3) is 0.278. The molecule has 0 fully saturated rings. The van der Waals surface area contributed by atoms with Crippen LogP contribution >= 0.6 is 0 Å². The van der Waals surface area contributed by atoms with E-state index in [1.807, 2.05) is 29.2 Å². The number of nitrogens with two attached hydrogens (primary N) is 1. The van der Waals surface area contributed by atoms with Gasteiger partial charge in [0, 0.05) is 30.1 Å². The Bertz CT molecular complexity index is 720. The van der Waals surface area contributed by atoms with Crippen LogP contribution in [0.4, 0.5) is 5.95 Å². The molecule has 2 N–H and O–H groups in total. The van der Waals surface area contributed by atoms with Crippen molar-refractivity contribution in [2.24, 2.45) is 5.92 Å². The number of benzene rings is 1. The van der Waals surface area contributed by atoms with Gasteiger partial charge in [0.2, 0.25) is 5.95 Å². The van der Waals surface area contributed by atoms with Crippen LogP contribution in [-0.2, 0) is 0 Å². The monoisotopic (exact) mass is 308 g/mol. The number of carbonyl (C=O) groups excluding carboxylic acids is 1. The van der Waals surface area contributed by atoms with Crippen molar-refractivity contribution in [3.63, 3.8) is 0 Å². The number of nitrogens with zero attached hydrogens (tertiary/aromatic N) is 3. The number of anilines is 1. The molecule has 2 aromatic rings. The predicted octanol–water partition coefficient (Wildman–Crippen LogP) is 2.76. The fourth-order valence-electron chi connectivity index (χ4n) is 2.80. The highest BCUT2D eigenvalue weighted by Crippen LogP contribution is 2.23. The average Bonchev–Trinajstić information content (AvgIpc) is 3.05. The second kappa shape index (κ2) is 6.20. The predicted molar refractivity (Wildman–Crippen MR) is 90.7 cm³/mol. The molecule has 1 amide bonds. The van der Waals surface area contributed by atoms with Crippen LogP contribution in [-0.4, -0.2) is 33.4 Å². The van der Waals surface area contributed by atoms with Crippen LogP contribution in [0.25, 0.3) is 11.1 Å². The molecular formula is C18H20N4O. The summed E-state index contributed by atoms with van der Waals surface area (Å²) in [5, 5.41) is 0. The van der Waals surface area contributed by atoms with E-state index in [1.54, 1.807) is 12.4 Å². The van der Waals surface area contributed by atoms with Gasteiger partial charge in [-0.15, -0.1) is 0 Å². The molecule has 1 atom stereocenters. The maximum absolute atomic E-state index is 12.7. The Morgan fingerprint density at radius 3 is 2.43 bits per heavy atom. The van der Waals surface area contributed by atoms with E-state index in [0.717, 1.165) is 11.1 Å². The summed E-state index contributed by atoms with van der Waals surface area (Å²) in [4.78, 5) is 22.6. The quantitative estimate of drug-likeness (QED) is 0.885. The first-order valence-electron chi connectivity index (χ1n) is 7.72. The molecule has 5 nitrogen and oxygen atoms in total. The summed E-state index contributed by atoms with van der Waals surface area (Å²) in [6, 6.07) is 7.70. The summed E-state index contributed by atoms with van der Waals surface area (Å²) < 4.78 is 0. The zero-order chi connectivity index (χ0) is 16.4. The lowest BCUT2D eigenvalue weighted by Gasteiger charge is -2.27. The first kappa shape index (κ1) is 15.2. The standard InChI is InChI=1S/C18H20N4O/c1-12(2)16-4-3-9-22(16)17(23)14-7-5-13(6-8-14)15-10-20-18(19)21-11-15/h3-8,10-12,16H,9H2,1-2H3,(H2,19,20,21)/t16-/m0/s1. The van der Waals surface area contributed by atoms with Crippen LogP contribution in [0.1, 0.15) is 24.2 Å². The van der Waals surface area contributed by atoms with Crippen LogP contribution in [0.5, 0.6) is 0 Å². The Balaban J connectivity index is 1.79. The summed E-state index contributed by atoms with van der Waals surface area (Å²) in [7, 11) is 0. The van der Waals surface area contributed by atoms with Crippen molar-refractivity contribution >= 4 is 11.9 Å². The fourth-order valence-corrected chi connectivity index (χ4v) is 2.80. The molecule has 2 heterocycles. The first-order chi connectivity index (χ1) is 11.1. The first-order valence-corrected chi connectivity index (χ1v) is 7.72. The third kappa shape index (κ3) is 3.08. The molecule has 1 aromatic carbocycles. The number of rotatable bonds is 3. The molecule has 118 valence electrons. The van der Waals surface area contributed by atoms with Gasteiger partial charge < -0.3 is 10.6 Å².